The van der Waals surface area contributed by atoms with Gasteiger partial charge in [0.05, 0.1) is 13.2 Å². The molecule has 118 valence electrons. The van der Waals surface area contributed by atoms with Crippen molar-refractivity contribution < 1.29 is 19.1 Å². The van der Waals surface area contributed by atoms with Gasteiger partial charge in [-0.05, 0) is 18.2 Å². The van der Waals surface area contributed by atoms with Crippen LogP contribution in [0, 0.1) is 5.82 Å². The summed E-state index contributed by atoms with van der Waals surface area (Å²) in [5.74, 6) is -1.65. The van der Waals surface area contributed by atoms with Crippen molar-refractivity contribution in [3.8, 4) is 5.69 Å². The Bertz CT molecular complexity index is 788. The van der Waals surface area contributed by atoms with Crippen LogP contribution in [0.25, 0.3) is 5.69 Å². The third-order valence-corrected chi connectivity index (χ3v) is 3.23. The van der Waals surface area contributed by atoms with E-state index in [2.05, 4.69) is 15.4 Å². The molecule has 0 bridgehead atoms. The summed E-state index contributed by atoms with van der Waals surface area (Å²) >= 11 is 0. The number of rotatable bonds is 5. The average Bonchev–Trinajstić information content (AvgIpc) is 3.13. The van der Waals surface area contributed by atoms with Crippen molar-refractivity contribution in [3.05, 3.63) is 48.4 Å². The number of aromatic nitrogens is 3. The topological polar surface area (TPSA) is 100 Å². The predicted octanol–water partition coefficient (Wildman–Crippen LogP) is 0.0633. The maximum Gasteiger partial charge on any atom is 0.277 e. The van der Waals surface area contributed by atoms with Gasteiger partial charge in [-0.25, -0.2) is 14.1 Å². The molecule has 2 N–H and O–H groups in total. The number of β-amino-alcohol motifs (C(OH)–C–C–N with tert-alkyl or cyclic N) is 1. The number of anilines is 1. The van der Waals surface area contributed by atoms with Crippen molar-refractivity contribution in [1.82, 2.24) is 19.7 Å². The lowest BCUT2D eigenvalue weighted by Crippen LogP contribution is -2.34. The fraction of sp³-hybridized carbons (Fsp3) is 0.143. The molecule has 0 atom stereocenters. The van der Waals surface area contributed by atoms with E-state index in [-0.39, 0.29) is 24.5 Å². The van der Waals surface area contributed by atoms with Gasteiger partial charge in [0.25, 0.3) is 11.8 Å². The Kier molecular flexibility index (Phi) is 3.85. The van der Waals surface area contributed by atoms with Gasteiger partial charge in [-0.1, -0.05) is 0 Å². The first-order valence-electron chi connectivity index (χ1n) is 6.70. The molecule has 1 aliphatic heterocycles. The van der Waals surface area contributed by atoms with Crippen LogP contribution in [-0.4, -0.2) is 49.7 Å². The third-order valence-electron chi connectivity index (χ3n) is 3.23. The van der Waals surface area contributed by atoms with Gasteiger partial charge in [0.15, 0.2) is 5.82 Å². The molecule has 9 heteroatoms. The number of imide groups is 1. The Morgan fingerprint density at radius 1 is 1.30 bits per heavy atom. The van der Waals surface area contributed by atoms with Crippen LogP contribution < -0.4 is 5.32 Å². The van der Waals surface area contributed by atoms with E-state index in [0.29, 0.717) is 5.69 Å². The Morgan fingerprint density at radius 3 is 2.78 bits per heavy atom. The first-order valence-corrected chi connectivity index (χ1v) is 6.70. The first-order chi connectivity index (χ1) is 11.1. The van der Waals surface area contributed by atoms with Crippen molar-refractivity contribution in [2.75, 3.05) is 18.5 Å². The summed E-state index contributed by atoms with van der Waals surface area (Å²) < 4.78 is 15.4. The number of carbonyl (C=O) groups excluding carboxylic acids is 2. The highest BCUT2D eigenvalue weighted by atomic mass is 19.1. The largest absolute Gasteiger partial charge is 0.395 e. The molecule has 0 saturated carbocycles. The Morgan fingerprint density at radius 2 is 2.13 bits per heavy atom. The number of aliphatic hydroxyl groups is 1. The summed E-state index contributed by atoms with van der Waals surface area (Å²) in [7, 11) is 0. The van der Waals surface area contributed by atoms with Crippen LogP contribution >= 0.6 is 0 Å². The van der Waals surface area contributed by atoms with Gasteiger partial charge >= 0.3 is 0 Å². The molecule has 1 aromatic heterocycles. The molecule has 0 fully saturated rings. The highest BCUT2D eigenvalue weighted by Gasteiger charge is 2.30. The van der Waals surface area contributed by atoms with E-state index in [0.717, 1.165) is 11.0 Å². The molecule has 1 aromatic carbocycles. The minimum atomic E-state index is -0.565. The van der Waals surface area contributed by atoms with E-state index in [4.69, 9.17) is 5.11 Å². The number of carbonyl (C=O) groups is 2. The standard InChI is InChI=1S/C14H12FN5O3/c15-10-5-9(1-2-12(10)20-8-16-7-17-20)18-11-6-13(22)19(3-4-21)14(11)23/h1-2,5-8,18,21H,3-4H2. The minimum absolute atomic E-state index is 0.0244. The number of amides is 2. The molecule has 2 amide bonds. The van der Waals surface area contributed by atoms with E-state index >= 15 is 0 Å². The Balaban J connectivity index is 1.79. The summed E-state index contributed by atoms with van der Waals surface area (Å²) in [5, 5.41) is 15.4. The van der Waals surface area contributed by atoms with Crippen LogP contribution in [0.5, 0.6) is 0 Å². The highest BCUT2D eigenvalue weighted by Crippen LogP contribution is 2.21. The molecule has 2 aromatic rings. The number of benzene rings is 1. The lowest BCUT2D eigenvalue weighted by atomic mass is 10.2. The maximum atomic E-state index is 14.1. The molecule has 0 aliphatic carbocycles. The number of hydrogen-bond acceptors (Lipinski definition) is 6. The normalized spacial score (nSPS) is 14.3. The zero-order chi connectivity index (χ0) is 16.4. The maximum absolute atomic E-state index is 14.1. The third kappa shape index (κ3) is 2.81. The molecule has 0 unspecified atom stereocenters. The first kappa shape index (κ1) is 14.9. The van der Waals surface area contributed by atoms with Crippen LogP contribution in [0.1, 0.15) is 0 Å². The van der Waals surface area contributed by atoms with Crippen molar-refractivity contribution in [1.29, 1.82) is 0 Å². The van der Waals surface area contributed by atoms with Gasteiger partial charge in [-0.3, -0.25) is 14.5 Å². The predicted molar refractivity (Wildman–Crippen MR) is 76.8 cm³/mol. The minimum Gasteiger partial charge on any atom is -0.395 e. The lowest BCUT2D eigenvalue weighted by Gasteiger charge is -2.13. The Labute approximate surface area is 129 Å². The molecule has 3 rings (SSSR count). The molecule has 1 aliphatic rings. The second-order valence-electron chi connectivity index (χ2n) is 4.71. The number of nitrogens with one attached hydrogen (secondary N) is 1. The summed E-state index contributed by atoms with van der Waals surface area (Å²) in [6.45, 7) is -0.404. The monoisotopic (exact) mass is 317 g/mol. The molecular weight excluding hydrogens is 305 g/mol. The zero-order valence-corrected chi connectivity index (χ0v) is 11.8. The molecule has 0 radical (unpaired) electrons. The van der Waals surface area contributed by atoms with Crippen LogP contribution in [0.15, 0.2) is 42.6 Å². The average molecular weight is 317 g/mol. The van der Waals surface area contributed by atoms with E-state index < -0.39 is 17.6 Å². The summed E-state index contributed by atoms with van der Waals surface area (Å²) in [4.78, 5) is 28.3. The molecule has 0 saturated heterocycles. The highest BCUT2D eigenvalue weighted by molar-refractivity contribution is 6.17. The fourth-order valence-corrected chi connectivity index (χ4v) is 2.17. The molecule has 2 heterocycles. The SMILES string of the molecule is O=C1C=C(Nc2ccc(-n3cncn3)c(F)c2)C(=O)N1CCO. The molecular formula is C14H12FN5O3. The molecule has 8 nitrogen and oxygen atoms in total. The number of hydrogen-bond donors (Lipinski definition) is 2. The van der Waals surface area contributed by atoms with Crippen molar-refractivity contribution in [3.63, 3.8) is 0 Å². The number of halogens is 1. The van der Waals surface area contributed by atoms with Gasteiger partial charge < -0.3 is 10.4 Å². The van der Waals surface area contributed by atoms with Crippen molar-refractivity contribution >= 4 is 17.5 Å². The van der Waals surface area contributed by atoms with E-state index in [9.17, 15) is 14.0 Å². The van der Waals surface area contributed by atoms with Crippen molar-refractivity contribution in [2.45, 2.75) is 0 Å². The second kappa shape index (κ2) is 5.97. The summed E-state index contributed by atoms with van der Waals surface area (Å²) in [5.41, 5.74) is 0.540. The van der Waals surface area contributed by atoms with Crippen LogP contribution in [-0.2, 0) is 9.59 Å². The van der Waals surface area contributed by atoms with Gasteiger partial charge in [0.1, 0.15) is 24.0 Å². The van der Waals surface area contributed by atoms with Crippen molar-refractivity contribution in [2.24, 2.45) is 0 Å². The molecule has 23 heavy (non-hydrogen) atoms. The quantitative estimate of drug-likeness (QED) is 0.757. The van der Waals surface area contributed by atoms with Crippen LogP contribution in [0.3, 0.4) is 0 Å². The summed E-state index contributed by atoms with van der Waals surface area (Å²) in [6.07, 6.45) is 3.76. The Hall–Kier alpha value is -3.07. The van der Waals surface area contributed by atoms with Gasteiger partial charge in [0.2, 0.25) is 0 Å². The van der Waals surface area contributed by atoms with Crippen LogP contribution in [0.4, 0.5) is 10.1 Å². The van der Waals surface area contributed by atoms with E-state index in [1.807, 2.05) is 0 Å². The van der Waals surface area contributed by atoms with E-state index in [1.165, 1.54) is 29.5 Å². The van der Waals surface area contributed by atoms with E-state index in [1.54, 1.807) is 6.07 Å². The molecule has 0 spiro atoms. The second-order valence-corrected chi connectivity index (χ2v) is 4.71. The fourth-order valence-electron chi connectivity index (χ4n) is 2.17. The zero-order valence-electron chi connectivity index (χ0n) is 11.8. The van der Waals surface area contributed by atoms with Gasteiger partial charge in [-0.2, -0.15) is 5.10 Å². The van der Waals surface area contributed by atoms with Gasteiger partial charge in [-0.15, -0.1) is 0 Å². The number of aliphatic hydroxyl groups excluding tert-OH is 1. The number of nitrogens with zero attached hydrogens (tertiary/aromatic N) is 4. The lowest BCUT2D eigenvalue weighted by molar-refractivity contribution is -0.137. The van der Waals surface area contributed by atoms with Gasteiger partial charge in [0, 0.05) is 11.8 Å². The summed E-state index contributed by atoms with van der Waals surface area (Å²) in [6, 6.07) is 4.21. The van der Waals surface area contributed by atoms with Crippen LogP contribution in [0.2, 0.25) is 0 Å². The smallest absolute Gasteiger partial charge is 0.277 e.